The number of tetrazole rings is 1. The van der Waals surface area contributed by atoms with Crippen LogP contribution in [0.15, 0.2) is 65.9 Å². The average Bonchev–Trinajstić information content (AvgIpc) is 3.21. The molecule has 0 fully saturated rings. The van der Waals surface area contributed by atoms with E-state index in [4.69, 9.17) is 0 Å². The molecule has 0 aliphatic carbocycles. The molecule has 3 aromatic rings. The van der Waals surface area contributed by atoms with E-state index in [1.54, 1.807) is 36.4 Å². The third-order valence-electron chi connectivity index (χ3n) is 4.41. The maximum absolute atomic E-state index is 13.3. The molecule has 0 spiro atoms. The van der Waals surface area contributed by atoms with Gasteiger partial charge in [-0.1, -0.05) is 47.6 Å². The molecule has 2 heterocycles. The van der Waals surface area contributed by atoms with Gasteiger partial charge in [-0.05, 0) is 16.0 Å². The third-order valence-corrected chi connectivity index (χ3v) is 4.41. The molecule has 0 unspecified atom stereocenters. The number of carboxylic acid groups (broad SMARTS) is 1. The normalized spacial score (nSPS) is 15.4. The number of carboxylic acids is 1. The Kier molecular flexibility index (Phi) is 4.31. The van der Waals surface area contributed by atoms with Crippen molar-refractivity contribution >= 4 is 23.4 Å². The highest BCUT2D eigenvalue weighted by atomic mass is 16.6. The van der Waals surface area contributed by atoms with E-state index in [9.17, 15) is 24.8 Å². The molecular formula is C18H12N6O5. The zero-order valence-electron chi connectivity index (χ0n) is 14.6. The van der Waals surface area contributed by atoms with Crippen LogP contribution >= 0.6 is 0 Å². The summed E-state index contributed by atoms with van der Waals surface area (Å²) in [6.07, 6.45) is 0. The predicted molar refractivity (Wildman–Crippen MR) is 98.1 cm³/mol. The number of fused-ring (bicyclic) bond motifs is 1. The molecule has 1 aromatic heterocycles. The Bertz CT molecular complexity index is 1170. The van der Waals surface area contributed by atoms with Crippen LogP contribution in [0.2, 0.25) is 0 Å². The standard InChI is InChI=1S/C18H12N6O5/c25-16(10-5-2-1-3-6-10)13-14(17(26)27)19-18-20-21-22-23(18)15(13)11-7-4-8-12(9-11)24(28)29/h1-9,15H,(H,26,27)(H,19,20,22)/t15-/m1/s1. The summed E-state index contributed by atoms with van der Waals surface area (Å²) in [7, 11) is 0. The summed E-state index contributed by atoms with van der Waals surface area (Å²) >= 11 is 0. The molecule has 4 rings (SSSR count). The number of carbonyl (C=O) groups excluding carboxylic acids is 1. The van der Waals surface area contributed by atoms with Gasteiger partial charge in [0.05, 0.1) is 10.5 Å². The molecule has 2 N–H and O–H groups in total. The smallest absolute Gasteiger partial charge is 0.352 e. The first kappa shape index (κ1) is 18.0. The summed E-state index contributed by atoms with van der Waals surface area (Å²) < 4.78 is 1.22. The second-order valence-corrected chi connectivity index (χ2v) is 6.12. The van der Waals surface area contributed by atoms with Gasteiger partial charge in [0, 0.05) is 17.7 Å². The van der Waals surface area contributed by atoms with E-state index in [-0.39, 0.29) is 22.8 Å². The van der Waals surface area contributed by atoms with Crippen LogP contribution in [-0.4, -0.2) is 42.0 Å². The quantitative estimate of drug-likeness (QED) is 0.376. The Hall–Kier alpha value is -4.41. The van der Waals surface area contributed by atoms with Crippen molar-refractivity contribution in [3.8, 4) is 0 Å². The Morgan fingerprint density at radius 3 is 2.59 bits per heavy atom. The number of nitrogens with one attached hydrogen (secondary N) is 1. The number of nitro groups is 1. The summed E-state index contributed by atoms with van der Waals surface area (Å²) in [5.41, 5.74) is -0.178. The topological polar surface area (TPSA) is 153 Å². The van der Waals surface area contributed by atoms with Crippen molar-refractivity contribution in [2.45, 2.75) is 6.04 Å². The number of benzene rings is 2. The number of nitro benzene ring substituents is 1. The molecule has 1 aliphatic heterocycles. The van der Waals surface area contributed by atoms with Gasteiger partial charge in [-0.3, -0.25) is 14.9 Å². The third kappa shape index (κ3) is 3.10. The summed E-state index contributed by atoms with van der Waals surface area (Å²) in [6, 6.07) is 12.6. The van der Waals surface area contributed by atoms with Crippen molar-refractivity contribution in [2.24, 2.45) is 0 Å². The lowest BCUT2D eigenvalue weighted by Crippen LogP contribution is -2.32. The zero-order chi connectivity index (χ0) is 20.5. The number of allylic oxidation sites excluding steroid dienone is 1. The summed E-state index contributed by atoms with van der Waals surface area (Å²) in [4.78, 5) is 35.8. The summed E-state index contributed by atoms with van der Waals surface area (Å²) in [5, 5.41) is 34.6. The van der Waals surface area contributed by atoms with E-state index in [1.807, 2.05) is 0 Å². The molecule has 1 aliphatic rings. The van der Waals surface area contributed by atoms with E-state index in [0.717, 1.165) is 0 Å². The molecule has 0 saturated heterocycles. The van der Waals surface area contributed by atoms with Gasteiger partial charge in [-0.15, -0.1) is 0 Å². The molecule has 0 saturated carbocycles. The Balaban J connectivity index is 1.96. The Morgan fingerprint density at radius 1 is 1.14 bits per heavy atom. The SMILES string of the molecule is O=C(O)C1=C(C(=O)c2ccccc2)[C@@H](c2cccc([N+](=O)[O-])c2)n2nnnc2N1. The van der Waals surface area contributed by atoms with Gasteiger partial charge in [-0.25, -0.2) is 4.79 Å². The number of hydrogen-bond acceptors (Lipinski definition) is 8. The highest BCUT2D eigenvalue weighted by molar-refractivity contribution is 6.14. The molecule has 144 valence electrons. The van der Waals surface area contributed by atoms with Crippen LogP contribution in [0.3, 0.4) is 0 Å². The largest absolute Gasteiger partial charge is 0.477 e. The minimum Gasteiger partial charge on any atom is -0.477 e. The van der Waals surface area contributed by atoms with Crippen LogP contribution in [-0.2, 0) is 4.79 Å². The second-order valence-electron chi connectivity index (χ2n) is 6.12. The van der Waals surface area contributed by atoms with E-state index in [0.29, 0.717) is 5.56 Å². The number of anilines is 1. The van der Waals surface area contributed by atoms with Crippen LogP contribution in [0.4, 0.5) is 11.6 Å². The number of rotatable bonds is 5. The molecule has 11 nitrogen and oxygen atoms in total. The number of Topliss-reactive ketones (excluding diaryl/α,β-unsaturated/α-hetero) is 1. The van der Waals surface area contributed by atoms with Gasteiger partial charge in [0.1, 0.15) is 11.7 Å². The summed E-state index contributed by atoms with van der Waals surface area (Å²) in [6.45, 7) is 0. The van der Waals surface area contributed by atoms with Gasteiger partial charge < -0.3 is 10.4 Å². The van der Waals surface area contributed by atoms with Crippen LogP contribution in [0.5, 0.6) is 0 Å². The maximum Gasteiger partial charge on any atom is 0.352 e. The summed E-state index contributed by atoms with van der Waals surface area (Å²) in [5.74, 6) is -1.94. The molecule has 1 atom stereocenters. The predicted octanol–water partition coefficient (Wildman–Crippen LogP) is 1.82. The molecule has 29 heavy (non-hydrogen) atoms. The first-order chi connectivity index (χ1) is 14.0. The molecule has 0 radical (unpaired) electrons. The Labute approximate surface area is 162 Å². The number of ketones is 1. The fourth-order valence-electron chi connectivity index (χ4n) is 3.16. The zero-order valence-corrected chi connectivity index (χ0v) is 14.6. The average molecular weight is 392 g/mol. The van der Waals surface area contributed by atoms with Gasteiger partial charge >= 0.3 is 5.97 Å². The number of aromatic nitrogens is 4. The number of aliphatic carboxylic acids is 1. The highest BCUT2D eigenvalue weighted by Gasteiger charge is 2.38. The molecule has 0 amide bonds. The fourth-order valence-corrected chi connectivity index (χ4v) is 3.16. The van der Waals surface area contributed by atoms with Crippen LogP contribution < -0.4 is 5.32 Å². The van der Waals surface area contributed by atoms with Crippen LogP contribution in [0.25, 0.3) is 0 Å². The van der Waals surface area contributed by atoms with Crippen molar-refractivity contribution in [1.29, 1.82) is 0 Å². The van der Waals surface area contributed by atoms with E-state index in [2.05, 4.69) is 20.8 Å². The van der Waals surface area contributed by atoms with Crippen LogP contribution in [0.1, 0.15) is 22.0 Å². The van der Waals surface area contributed by atoms with Gasteiger partial charge in [0.15, 0.2) is 5.78 Å². The van der Waals surface area contributed by atoms with Gasteiger partial charge in [0.25, 0.3) is 5.69 Å². The fraction of sp³-hybridized carbons (Fsp3) is 0.0556. The molecular weight excluding hydrogens is 380 g/mol. The first-order valence-corrected chi connectivity index (χ1v) is 8.34. The van der Waals surface area contributed by atoms with Gasteiger partial charge in [-0.2, -0.15) is 4.68 Å². The highest BCUT2D eigenvalue weighted by Crippen LogP contribution is 2.37. The molecule has 11 heteroatoms. The van der Waals surface area contributed by atoms with Crippen LogP contribution in [0, 0.1) is 10.1 Å². The van der Waals surface area contributed by atoms with Crippen molar-refractivity contribution < 1.29 is 19.6 Å². The van der Waals surface area contributed by atoms with Crippen molar-refractivity contribution in [3.63, 3.8) is 0 Å². The number of non-ortho nitro benzene ring substituents is 1. The number of nitrogens with zero attached hydrogens (tertiary/aromatic N) is 5. The lowest BCUT2D eigenvalue weighted by Gasteiger charge is -2.27. The number of hydrogen-bond donors (Lipinski definition) is 2. The van der Waals surface area contributed by atoms with Gasteiger partial charge in [0.2, 0.25) is 5.95 Å². The monoisotopic (exact) mass is 392 g/mol. The number of carbonyl (C=O) groups is 2. The van der Waals surface area contributed by atoms with Crippen molar-refractivity contribution in [2.75, 3.05) is 5.32 Å². The maximum atomic E-state index is 13.3. The molecule has 2 aromatic carbocycles. The van der Waals surface area contributed by atoms with E-state index in [1.165, 1.54) is 22.9 Å². The van der Waals surface area contributed by atoms with E-state index < -0.39 is 28.4 Å². The van der Waals surface area contributed by atoms with Crippen molar-refractivity contribution in [3.05, 3.63) is 87.1 Å². The molecule has 0 bridgehead atoms. The van der Waals surface area contributed by atoms with Crippen molar-refractivity contribution in [1.82, 2.24) is 20.2 Å². The minimum absolute atomic E-state index is 0.00326. The Morgan fingerprint density at radius 2 is 1.90 bits per heavy atom. The lowest BCUT2D eigenvalue weighted by atomic mass is 9.89. The minimum atomic E-state index is -1.38. The first-order valence-electron chi connectivity index (χ1n) is 8.34. The lowest BCUT2D eigenvalue weighted by molar-refractivity contribution is -0.384. The second kappa shape index (κ2) is 6.96. The van der Waals surface area contributed by atoms with E-state index >= 15 is 0 Å².